The molecule has 0 aliphatic heterocycles. The summed E-state index contributed by atoms with van der Waals surface area (Å²) in [4.78, 5) is 12.3. The number of carbonyl (C=O) groups is 1. The summed E-state index contributed by atoms with van der Waals surface area (Å²) in [6, 6.07) is 12.2. The number of anilines is 1. The van der Waals surface area contributed by atoms with Crippen molar-refractivity contribution in [2.24, 2.45) is 5.92 Å². The predicted octanol–water partition coefficient (Wildman–Crippen LogP) is 4.65. The summed E-state index contributed by atoms with van der Waals surface area (Å²) in [6.45, 7) is 6.68. The lowest BCUT2D eigenvalue weighted by molar-refractivity contribution is -0.113. The second-order valence-electron chi connectivity index (χ2n) is 7.45. The summed E-state index contributed by atoms with van der Waals surface area (Å²) < 4.78 is 21.0. The SMILES string of the molecule is CC(C)Cn1c(SCC(=O)Nc2cccc(O)c2)nnc1C(C)Oc1ccc(F)cc1. The average molecular weight is 445 g/mol. The zero-order chi connectivity index (χ0) is 22.4. The van der Waals surface area contributed by atoms with Gasteiger partial charge >= 0.3 is 0 Å². The quantitative estimate of drug-likeness (QED) is 0.467. The topological polar surface area (TPSA) is 89.3 Å². The summed E-state index contributed by atoms with van der Waals surface area (Å²) in [5.41, 5.74) is 0.524. The number of phenolic OH excluding ortho intramolecular Hbond substituents is 1. The molecule has 0 saturated heterocycles. The third kappa shape index (κ3) is 6.45. The van der Waals surface area contributed by atoms with E-state index in [2.05, 4.69) is 29.4 Å². The molecule has 2 N–H and O–H groups in total. The van der Waals surface area contributed by atoms with E-state index in [1.54, 1.807) is 24.3 Å². The van der Waals surface area contributed by atoms with E-state index < -0.39 is 6.10 Å². The van der Waals surface area contributed by atoms with E-state index >= 15 is 0 Å². The van der Waals surface area contributed by atoms with Crippen molar-refractivity contribution in [2.45, 2.75) is 38.6 Å². The monoisotopic (exact) mass is 444 g/mol. The van der Waals surface area contributed by atoms with Gasteiger partial charge in [-0.25, -0.2) is 4.39 Å². The first kappa shape index (κ1) is 22.6. The number of nitrogens with zero attached hydrogens (tertiary/aromatic N) is 3. The van der Waals surface area contributed by atoms with Crippen molar-refractivity contribution in [1.82, 2.24) is 14.8 Å². The normalized spacial score (nSPS) is 12.0. The Labute approximate surface area is 184 Å². The van der Waals surface area contributed by atoms with E-state index in [9.17, 15) is 14.3 Å². The molecule has 164 valence electrons. The number of phenols is 1. The molecule has 0 radical (unpaired) electrons. The molecular weight excluding hydrogens is 419 g/mol. The standard InChI is InChI=1S/C22H25FN4O3S/c1-14(2)12-27-21(15(3)30-19-9-7-16(23)8-10-19)25-26-22(27)31-13-20(29)24-17-5-4-6-18(28)11-17/h4-11,14-15,28H,12-13H2,1-3H3,(H,24,29). The number of aromatic hydroxyl groups is 1. The van der Waals surface area contributed by atoms with Gasteiger partial charge in [0.05, 0.1) is 5.75 Å². The van der Waals surface area contributed by atoms with Crippen LogP contribution in [-0.4, -0.2) is 31.5 Å². The van der Waals surface area contributed by atoms with Crippen LogP contribution in [0.4, 0.5) is 10.1 Å². The Hall–Kier alpha value is -3.07. The molecule has 1 unspecified atom stereocenters. The van der Waals surface area contributed by atoms with E-state index in [0.717, 1.165) is 0 Å². The Morgan fingerprint density at radius 1 is 1.19 bits per heavy atom. The maximum Gasteiger partial charge on any atom is 0.234 e. The van der Waals surface area contributed by atoms with Crippen LogP contribution in [0, 0.1) is 11.7 Å². The molecule has 9 heteroatoms. The van der Waals surface area contributed by atoms with Crippen molar-refractivity contribution < 1.29 is 19.0 Å². The highest BCUT2D eigenvalue weighted by atomic mass is 32.2. The van der Waals surface area contributed by atoms with Gasteiger partial charge in [0, 0.05) is 18.3 Å². The maximum absolute atomic E-state index is 13.1. The summed E-state index contributed by atoms with van der Waals surface area (Å²) in [7, 11) is 0. The lowest BCUT2D eigenvalue weighted by atomic mass is 10.2. The highest BCUT2D eigenvalue weighted by Gasteiger charge is 2.21. The number of halogens is 1. The second kappa shape index (κ2) is 10.3. The molecule has 7 nitrogen and oxygen atoms in total. The fraction of sp³-hybridized carbons (Fsp3) is 0.318. The van der Waals surface area contributed by atoms with Crippen LogP contribution in [0.2, 0.25) is 0 Å². The lowest BCUT2D eigenvalue weighted by Crippen LogP contribution is -2.17. The Bertz CT molecular complexity index is 1020. The van der Waals surface area contributed by atoms with Crippen LogP contribution in [0.25, 0.3) is 0 Å². The molecule has 3 aromatic rings. The molecule has 1 heterocycles. The highest BCUT2D eigenvalue weighted by molar-refractivity contribution is 7.99. The van der Waals surface area contributed by atoms with Gasteiger partial charge in [-0.15, -0.1) is 10.2 Å². The van der Waals surface area contributed by atoms with Crippen LogP contribution in [0.15, 0.2) is 53.7 Å². The van der Waals surface area contributed by atoms with Crippen molar-refractivity contribution in [2.75, 3.05) is 11.1 Å². The smallest absolute Gasteiger partial charge is 0.234 e. The highest BCUT2D eigenvalue weighted by Crippen LogP contribution is 2.26. The fourth-order valence-electron chi connectivity index (χ4n) is 2.93. The first-order valence-electron chi connectivity index (χ1n) is 9.89. The predicted molar refractivity (Wildman–Crippen MR) is 118 cm³/mol. The number of ether oxygens (including phenoxy) is 1. The Balaban J connectivity index is 1.69. The minimum atomic E-state index is -0.410. The molecule has 0 saturated carbocycles. The average Bonchev–Trinajstić information content (AvgIpc) is 3.10. The van der Waals surface area contributed by atoms with Gasteiger partial charge < -0.3 is 19.7 Å². The van der Waals surface area contributed by atoms with Gasteiger partial charge in [-0.3, -0.25) is 4.79 Å². The third-order valence-electron chi connectivity index (χ3n) is 4.25. The number of thioether (sulfide) groups is 1. The molecule has 1 atom stereocenters. The molecular formula is C22H25FN4O3S. The molecule has 0 aliphatic carbocycles. The van der Waals surface area contributed by atoms with Crippen LogP contribution in [0.1, 0.15) is 32.7 Å². The van der Waals surface area contributed by atoms with Crippen molar-refractivity contribution in [3.8, 4) is 11.5 Å². The van der Waals surface area contributed by atoms with Gasteiger partial charge in [-0.2, -0.15) is 0 Å². The Kier molecular flexibility index (Phi) is 7.51. The Morgan fingerprint density at radius 3 is 2.61 bits per heavy atom. The molecule has 31 heavy (non-hydrogen) atoms. The number of rotatable bonds is 9. The number of hydrogen-bond donors (Lipinski definition) is 2. The van der Waals surface area contributed by atoms with E-state index in [1.807, 2.05) is 11.5 Å². The molecule has 2 aromatic carbocycles. The summed E-state index contributed by atoms with van der Waals surface area (Å²) in [5.74, 6) is 1.17. The minimum Gasteiger partial charge on any atom is -0.508 e. The third-order valence-corrected chi connectivity index (χ3v) is 5.21. The van der Waals surface area contributed by atoms with E-state index in [0.29, 0.717) is 34.9 Å². The van der Waals surface area contributed by atoms with Gasteiger partial charge in [0.25, 0.3) is 0 Å². The first-order valence-corrected chi connectivity index (χ1v) is 10.9. The van der Waals surface area contributed by atoms with E-state index in [4.69, 9.17) is 4.74 Å². The number of hydrogen-bond acceptors (Lipinski definition) is 6. The number of aromatic nitrogens is 3. The van der Waals surface area contributed by atoms with Crippen LogP contribution in [-0.2, 0) is 11.3 Å². The van der Waals surface area contributed by atoms with Crippen molar-refractivity contribution in [3.05, 3.63) is 60.2 Å². The number of carbonyl (C=O) groups excluding carboxylic acids is 1. The van der Waals surface area contributed by atoms with Crippen molar-refractivity contribution in [3.63, 3.8) is 0 Å². The first-order chi connectivity index (χ1) is 14.8. The number of benzene rings is 2. The molecule has 0 aliphatic rings. The van der Waals surface area contributed by atoms with Gasteiger partial charge in [-0.1, -0.05) is 31.7 Å². The zero-order valence-electron chi connectivity index (χ0n) is 17.6. The fourth-order valence-corrected chi connectivity index (χ4v) is 3.68. The second-order valence-corrected chi connectivity index (χ2v) is 8.39. The van der Waals surface area contributed by atoms with E-state index in [-0.39, 0.29) is 23.2 Å². The molecule has 0 spiro atoms. The van der Waals surface area contributed by atoms with Crippen LogP contribution >= 0.6 is 11.8 Å². The summed E-state index contributed by atoms with van der Waals surface area (Å²) in [5, 5.41) is 21.4. The van der Waals surface area contributed by atoms with Crippen LogP contribution in [0.5, 0.6) is 11.5 Å². The van der Waals surface area contributed by atoms with Gasteiger partial charge in [0.2, 0.25) is 5.91 Å². The molecule has 0 fully saturated rings. The van der Waals surface area contributed by atoms with Crippen LogP contribution < -0.4 is 10.1 Å². The summed E-state index contributed by atoms with van der Waals surface area (Å²) in [6.07, 6.45) is -0.410. The van der Waals surface area contributed by atoms with Crippen molar-refractivity contribution >= 4 is 23.4 Å². The van der Waals surface area contributed by atoms with Gasteiger partial charge in [-0.05, 0) is 49.2 Å². The number of amides is 1. The zero-order valence-corrected chi connectivity index (χ0v) is 18.4. The van der Waals surface area contributed by atoms with Crippen LogP contribution in [0.3, 0.4) is 0 Å². The Morgan fingerprint density at radius 2 is 1.94 bits per heavy atom. The van der Waals surface area contributed by atoms with Gasteiger partial charge in [0.15, 0.2) is 17.1 Å². The minimum absolute atomic E-state index is 0.0851. The molecule has 3 rings (SSSR count). The van der Waals surface area contributed by atoms with Crippen molar-refractivity contribution in [1.29, 1.82) is 0 Å². The lowest BCUT2D eigenvalue weighted by Gasteiger charge is -2.17. The largest absolute Gasteiger partial charge is 0.508 e. The molecule has 0 bridgehead atoms. The number of nitrogens with one attached hydrogen (secondary N) is 1. The van der Waals surface area contributed by atoms with Gasteiger partial charge in [0.1, 0.15) is 17.3 Å². The summed E-state index contributed by atoms with van der Waals surface area (Å²) >= 11 is 1.28. The molecule has 1 aromatic heterocycles. The molecule has 1 amide bonds. The maximum atomic E-state index is 13.1. The van der Waals surface area contributed by atoms with E-state index in [1.165, 1.54) is 36.0 Å².